The number of rotatable bonds is 4. The van der Waals surface area contributed by atoms with Crippen molar-refractivity contribution in [3.05, 3.63) is 105 Å². The first-order valence-electron chi connectivity index (χ1n) is 9.87. The predicted molar refractivity (Wildman–Crippen MR) is 122 cm³/mol. The SMILES string of the molecule is Cc1ccc(C)c(CN2C(=O)C(=O)/C(=C(/O)c3ccc(Br)cc3)C2c2cccnc2)c1. The maximum Gasteiger partial charge on any atom is 0.295 e. The Morgan fingerprint density at radius 2 is 1.84 bits per heavy atom. The third-order valence-corrected chi connectivity index (χ3v) is 6.03. The summed E-state index contributed by atoms with van der Waals surface area (Å²) >= 11 is 3.37. The van der Waals surface area contributed by atoms with Gasteiger partial charge in [0.25, 0.3) is 11.7 Å². The number of aliphatic hydroxyl groups is 1. The van der Waals surface area contributed by atoms with E-state index in [4.69, 9.17) is 0 Å². The first kappa shape index (κ1) is 21.0. The predicted octanol–water partition coefficient (Wildman–Crippen LogP) is 5.08. The van der Waals surface area contributed by atoms with Crippen molar-refractivity contribution in [1.29, 1.82) is 0 Å². The molecule has 1 aromatic heterocycles. The number of Topliss-reactive ketones (excluding diaryl/α,β-unsaturated/α-hetero) is 1. The second-order valence-corrected chi connectivity index (χ2v) is 8.57. The second kappa shape index (κ2) is 8.47. The van der Waals surface area contributed by atoms with Crippen LogP contribution in [-0.4, -0.2) is 26.7 Å². The lowest BCUT2D eigenvalue weighted by Gasteiger charge is -2.26. The molecule has 1 aliphatic rings. The van der Waals surface area contributed by atoms with E-state index in [9.17, 15) is 14.7 Å². The first-order chi connectivity index (χ1) is 14.9. The van der Waals surface area contributed by atoms with Gasteiger partial charge in [-0.2, -0.15) is 0 Å². The van der Waals surface area contributed by atoms with Gasteiger partial charge in [-0.05, 0) is 48.7 Å². The highest BCUT2D eigenvalue weighted by molar-refractivity contribution is 9.10. The molecule has 0 spiro atoms. The zero-order valence-electron chi connectivity index (χ0n) is 17.2. The van der Waals surface area contributed by atoms with Gasteiger partial charge in [0.05, 0.1) is 11.6 Å². The number of carbonyl (C=O) groups excluding carboxylic acids is 2. The molecular weight excluding hydrogens is 456 g/mol. The third kappa shape index (κ3) is 4.03. The summed E-state index contributed by atoms with van der Waals surface area (Å²) in [6.45, 7) is 4.23. The van der Waals surface area contributed by atoms with Gasteiger partial charge >= 0.3 is 0 Å². The first-order valence-corrected chi connectivity index (χ1v) is 10.7. The summed E-state index contributed by atoms with van der Waals surface area (Å²) in [5.74, 6) is -1.52. The minimum absolute atomic E-state index is 0.0747. The molecule has 31 heavy (non-hydrogen) atoms. The van der Waals surface area contributed by atoms with Crippen LogP contribution in [0.3, 0.4) is 0 Å². The third-order valence-electron chi connectivity index (χ3n) is 5.50. The molecule has 156 valence electrons. The number of pyridine rings is 1. The van der Waals surface area contributed by atoms with Crippen molar-refractivity contribution in [1.82, 2.24) is 9.88 Å². The van der Waals surface area contributed by atoms with Crippen molar-refractivity contribution in [2.75, 3.05) is 0 Å². The molecule has 1 aliphatic heterocycles. The summed E-state index contributed by atoms with van der Waals surface area (Å²) in [5, 5.41) is 11.1. The van der Waals surface area contributed by atoms with E-state index in [-0.39, 0.29) is 17.9 Å². The Morgan fingerprint density at radius 3 is 2.52 bits per heavy atom. The molecule has 5 nitrogen and oxygen atoms in total. The molecule has 1 unspecified atom stereocenters. The van der Waals surface area contributed by atoms with E-state index in [0.717, 1.165) is 21.2 Å². The Balaban J connectivity index is 1.86. The molecule has 1 N–H and O–H groups in total. The van der Waals surface area contributed by atoms with Gasteiger partial charge in [0.1, 0.15) is 5.76 Å². The van der Waals surface area contributed by atoms with E-state index < -0.39 is 17.7 Å². The molecule has 0 aliphatic carbocycles. The Hall–Kier alpha value is -3.25. The van der Waals surface area contributed by atoms with E-state index in [1.165, 1.54) is 4.90 Å². The smallest absolute Gasteiger partial charge is 0.295 e. The van der Waals surface area contributed by atoms with Crippen LogP contribution in [0.2, 0.25) is 0 Å². The fourth-order valence-corrected chi connectivity index (χ4v) is 4.11. The molecule has 0 bridgehead atoms. The summed E-state index contributed by atoms with van der Waals surface area (Å²) < 4.78 is 0.850. The number of carbonyl (C=O) groups is 2. The summed E-state index contributed by atoms with van der Waals surface area (Å²) in [6.07, 6.45) is 3.26. The second-order valence-electron chi connectivity index (χ2n) is 7.65. The van der Waals surface area contributed by atoms with Gasteiger partial charge in [0, 0.05) is 29.0 Å². The average Bonchev–Trinajstić information content (AvgIpc) is 3.02. The molecule has 0 saturated carbocycles. The lowest BCUT2D eigenvalue weighted by atomic mass is 9.96. The number of halogens is 1. The molecule has 6 heteroatoms. The Kier molecular flexibility index (Phi) is 5.74. The fraction of sp³-hybridized carbons (Fsp3) is 0.160. The number of nitrogens with zero attached hydrogens (tertiary/aromatic N) is 2. The number of aromatic nitrogens is 1. The maximum absolute atomic E-state index is 13.1. The molecule has 3 aromatic rings. The average molecular weight is 477 g/mol. The molecule has 1 atom stereocenters. The minimum atomic E-state index is -0.725. The molecule has 1 fully saturated rings. The molecule has 2 aromatic carbocycles. The van der Waals surface area contributed by atoms with Crippen molar-refractivity contribution in [3.8, 4) is 0 Å². The van der Waals surface area contributed by atoms with E-state index in [1.54, 1.807) is 42.7 Å². The Labute approximate surface area is 189 Å². The van der Waals surface area contributed by atoms with Gasteiger partial charge < -0.3 is 10.0 Å². The number of benzene rings is 2. The lowest BCUT2D eigenvalue weighted by Crippen LogP contribution is -2.29. The number of hydrogen-bond donors (Lipinski definition) is 1. The van der Waals surface area contributed by atoms with Crippen LogP contribution in [0.5, 0.6) is 0 Å². The van der Waals surface area contributed by atoms with Gasteiger partial charge in [0.15, 0.2) is 0 Å². The van der Waals surface area contributed by atoms with Gasteiger partial charge in [-0.3, -0.25) is 14.6 Å². The molecule has 1 amide bonds. The van der Waals surface area contributed by atoms with Crippen LogP contribution in [0.25, 0.3) is 5.76 Å². The summed E-state index contributed by atoms with van der Waals surface area (Å²) in [7, 11) is 0. The van der Waals surface area contributed by atoms with E-state index >= 15 is 0 Å². The number of likely N-dealkylation sites (tertiary alicyclic amines) is 1. The van der Waals surface area contributed by atoms with Crippen LogP contribution in [-0.2, 0) is 16.1 Å². The van der Waals surface area contributed by atoms with Gasteiger partial charge in [-0.25, -0.2) is 0 Å². The van der Waals surface area contributed by atoms with E-state index in [0.29, 0.717) is 11.1 Å². The lowest BCUT2D eigenvalue weighted by molar-refractivity contribution is -0.140. The minimum Gasteiger partial charge on any atom is -0.507 e. The van der Waals surface area contributed by atoms with Crippen molar-refractivity contribution in [3.63, 3.8) is 0 Å². The number of ketones is 1. The molecule has 4 rings (SSSR count). The number of hydrogen-bond acceptors (Lipinski definition) is 4. The topological polar surface area (TPSA) is 70.5 Å². The Bertz CT molecular complexity index is 1190. The van der Waals surface area contributed by atoms with Crippen LogP contribution in [0.4, 0.5) is 0 Å². The standard InChI is InChI=1S/C25H21BrN2O3/c1-15-5-6-16(2)19(12-15)14-28-22(18-4-3-11-27-13-18)21(24(30)25(28)31)23(29)17-7-9-20(26)10-8-17/h3-13,22,29H,14H2,1-2H3/b23-21+. The van der Waals surface area contributed by atoms with Crippen LogP contribution in [0, 0.1) is 13.8 Å². The van der Waals surface area contributed by atoms with Gasteiger partial charge in [0.2, 0.25) is 0 Å². The molecule has 0 radical (unpaired) electrons. The van der Waals surface area contributed by atoms with Crippen molar-refractivity contribution in [2.24, 2.45) is 0 Å². The number of amides is 1. The van der Waals surface area contributed by atoms with Crippen molar-refractivity contribution < 1.29 is 14.7 Å². The quantitative estimate of drug-likeness (QED) is 0.323. The monoisotopic (exact) mass is 476 g/mol. The fourth-order valence-electron chi connectivity index (χ4n) is 3.84. The summed E-state index contributed by atoms with van der Waals surface area (Å²) in [5.41, 5.74) is 4.29. The maximum atomic E-state index is 13.1. The van der Waals surface area contributed by atoms with Crippen LogP contribution >= 0.6 is 15.9 Å². The molecular formula is C25H21BrN2O3. The number of aryl methyl sites for hydroxylation is 2. The molecule has 1 saturated heterocycles. The van der Waals surface area contributed by atoms with Crippen LogP contribution < -0.4 is 0 Å². The normalized spacial score (nSPS) is 17.9. The molecule has 2 heterocycles. The highest BCUT2D eigenvalue weighted by Crippen LogP contribution is 2.40. The van der Waals surface area contributed by atoms with Crippen molar-refractivity contribution >= 4 is 33.4 Å². The van der Waals surface area contributed by atoms with Crippen LogP contribution in [0.15, 0.2) is 77.0 Å². The van der Waals surface area contributed by atoms with Gasteiger partial charge in [-0.1, -0.05) is 57.9 Å². The highest BCUT2D eigenvalue weighted by atomic mass is 79.9. The Morgan fingerprint density at radius 1 is 1.10 bits per heavy atom. The zero-order chi connectivity index (χ0) is 22.1. The summed E-state index contributed by atoms with van der Waals surface area (Å²) in [4.78, 5) is 31.9. The van der Waals surface area contributed by atoms with E-state index in [1.807, 2.05) is 38.1 Å². The largest absolute Gasteiger partial charge is 0.507 e. The number of aliphatic hydroxyl groups excluding tert-OH is 1. The summed E-state index contributed by atoms with van der Waals surface area (Å²) in [6, 6.07) is 15.8. The van der Waals surface area contributed by atoms with E-state index in [2.05, 4.69) is 20.9 Å². The van der Waals surface area contributed by atoms with Crippen molar-refractivity contribution in [2.45, 2.75) is 26.4 Å². The zero-order valence-corrected chi connectivity index (χ0v) is 18.8. The van der Waals surface area contributed by atoms with Crippen LogP contribution in [0.1, 0.15) is 33.9 Å². The highest BCUT2D eigenvalue weighted by Gasteiger charge is 2.46. The van der Waals surface area contributed by atoms with Gasteiger partial charge in [-0.15, -0.1) is 0 Å².